The highest BCUT2D eigenvalue weighted by Crippen LogP contribution is 2.28. The van der Waals surface area contributed by atoms with Gasteiger partial charge in [0, 0.05) is 32.1 Å². The third-order valence-electron chi connectivity index (χ3n) is 5.99. The van der Waals surface area contributed by atoms with Crippen molar-refractivity contribution in [3.8, 4) is 0 Å². The van der Waals surface area contributed by atoms with Crippen molar-refractivity contribution in [2.75, 3.05) is 39.4 Å². The van der Waals surface area contributed by atoms with Crippen LogP contribution in [0.4, 0.5) is 0 Å². The molecular weight excluding hydrogens is 328 g/mol. The van der Waals surface area contributed by atoms with E-state index in [1.165, 1.54) is 5.56 Å². The Bertz CT molecular complexity index is 580. The molecule has 0 spiro atoms. The molecule has 0 saturated carbocycles. The van der Waals surface area contributed by atoms with Gasteiger partial charge in [0.15, 0.2) is 6.29 Å². The largest absolute Gasteiger partial charge is 0.350 e. The third-order valence-corrected chi connectivity index (χ3v) is 5.99. The number of piperidine rings is 2. The van der Waals surface area contributed by atoms with E-state index in [0.717, 1.165) is 58.4 Å². The van der Waals surface area contributed by atoms with E-state index in [1.807, 2.05) is 0 Å². The van der Waals surface area contributed by atoms with E-state index < -0.39 is 0 Å². The molecular formula is C21H30N2O3. The maximum Gasteiger partial charge on any atom is 0.226 e. The molecule has 0 radical (unpaired) electrons. The fourth-order valence-corrected chi connectivity index (χ4v) is 4.54. The highest BCUT2D eigenvalue weighted by Gasteiger charge is 2.35. The first-order valence-electron chi connectivity index (χ1n) is 10.1. The molecule has 0 bridgehead atoms. The maximum atomic E-state index is 13.0. The minimum absolute atomic E-state index is 0.0386. The van der Waals surface area contributed by atoms with Crippen LogP contribution in [0.25, 0.3) is 0 Å². The Morgan fingerprint density at radius 1 is 1.00 bits per heavy atom. The predicted molar refractivity (Wildman–Crippen MR) is 99.4 cm³/mol. The zero-order valence-electron chi connectivity index (χ0n) is 15.5. The lowest BCUT2D eigenvalue weighted by Crippen LogP contribution is -2.48. The predicted octanol–water partition coefficient (Wildman–Crippen LogP) is 2.51. The molecule has 4 rings (SSSR count). The van der Waals surface area contributed by atoms with Gasteiger partial charge in [-0.05, 0) is 37.8 Å². The van der Waals surface area contributed by atoms with Crippen LogP contribution in [0.3, 0.4) is 0 Å². The number of amides is 1. The molecule has 1 aromatic carbocycles. The number of hydrogen-bond acceptors (Lipinski definition) is 4. The molecule has 1 amide bonds. The van der Waals surface area contributed by atoms with Crippen LogP contribution < -0.4 is 0 Å². The van der Waals surface area contributed by atoms with Crippen LogP contribution in [0.5, 0.6) is 0 Å². The summed E-state index contributed by atoms with van der Waals surface area (Å²) in [5.41, 5.74) is 1.33. The monoisotopic (exact) mass is 358 g/mol. The van der Waals surface area contributed by atoms with Crippen LogP contribution in [0.1, 0.15) is 31.2 Å². The number of hydrogen-bond donors (Lipinski definition) is 0. The number of ether oxygens (including phenoxy) is 2. The van der Waals surface area contributed by atoms with Crippen molar-refractivity contribution in [2.24, 2.45) is 11.8 Å². The highest BCUT2D eigenvalue weighted by molar-refractivity contribution is 5.79. The van der Waals surface area contributed by atoms with Crippen molar-refractivity contribution in [1.82, 2.24) is 9.80 Å². The molecule has 3 heterocycles. The lowest BCUT2D eigenvalue weighted by molar-refractivity contribution is -0.142. The van der Waals surface area contributed by atoms with Crippen LogP contribution in [0.15, 0.2) is 30.3 Å². The molecule has 26 heavy (non-hydrogen) atoms. The third kappa shape index (κ3) is 4.27. The van der Waals surface area contributed by atoms with E-state index >= 15 is 0 Å². The average Bonchev–Trinajstić information content (AvgIpc) is 3.23. The molecule has 0 aliphatic carbocycles. The van der Waals surface area contributed by atoms with Gasteiger partial charge in [0.25, 0.3) is 0 Å². The van der Waals surface area contributed by atoms with Gasteiger partial charge >= 0.3 is 0 Å². The van der Waals surface area contributed by atoms with Crippen LogP contribution in [-0.2, 0) is 20.8 Å². The van der Waals surface area contributed by atoms with Crippen LogP contribution in [0, 0.1) is 11.8 Å². The lowest BCUT2D eigenvalue weighted by Gasteiger charge is -2.38. The number of nitrogens with zero attached hydrogens (tertiary/aromatic N) is 2. The van der Waals surface area contributed by atoms with Crippen LogP contribution in [-0.4, -0.2) is 61.4 Å². The van der Waals surface area contributed by atoms with E-state index in [0.29, 0.717) is 25.0 Å². The number of rotatable bonds is 4. The molecule has 3 saturated heterocycles. The Hall–Kier alpha value is -1.43. The fourth-order valence-electron chi connectivity index (χ4n) is 4.54. The number of carbonyl (C=O) groups is 1. The second-order valence-corrected chi connectivity index (χ2v) is 7.83. The number of carbonyl (C=O) groups excluding carboxylic acids is 1. The zero-order chi connectivity index (χ0) is 17.8. The molecule has 0 aromatic heterocycles. The molecule has 142 valence electrons. The first kappa shape index (κ1) is 18.0. The molecule has 5 nitrogen and oxygen atoms in total. The summed E-state index contributed by atoms with van der Waals surface area (Å²) in [5.74, 6) is 0.958. The molecule has 3 aliphatic heterocycles. The summed E-state index contributed by atoms with van der Waals surface area (Å²) in [6.45, 7) is 6.05. The van der Waals surface area contributed by atoms with Gasteiger partial charge in [-0.2, -0.15) is 0 Å². The van der Waals surface area contributed by atoms with Gasteiger partial charge in [-0.1, -0.05) is 30.3 Å². The van der Waals surface area contributed by atoms with E-state index in [-0.39, 0.29) is 12.2 Å². The van der Waals surface area contributed by atoms with Crippen LogP contribution >= 0.6 is 0 Å². The molecule has 1 atom stereocenters. The van der Waals surface area contributed by atoms with Crippen molar-refractivity contribution in [2.45, 2.75) is 38.5 Å². The lowest BCUT2D eigenvalue weighted by atomic mass is 9.92. The first-order chi connectivity index (χ1) is 12.8. The van der Waals surface area contributed by atoms with Crippen molar-refractivity contribution >= 4 is 5.91 Å². The van der Waals surface area contributed by atoms with Gasteiger partial charge in [-0.15, -0.1) is 0 Å². The second-order valence-electron chi connectivity index (χ2n) is 7.83. The summed E-state index contributed by atoms with van der Waals surface area (Å²) >= 11 is 0. The zero-order valence-corrected chi connectivity index (χ0v) is 15.5. The van der Waals surface area contributed by atoms with Gasteiger partial charge < -0.3 is 14.4 Å². The molecule has 1 unspecified atom stereocenters. The summed E-state index contributed by atoms with van der Waals surface area (Å²) in [6, 6.07) is 10.6. The van der Waals surface area contributed by atoms with Gasteiger partial charge in [0.2, 0.25) is 5.91 Å². The van der Waals surface area contributed by atoms with E-state index in [2.05, 4.69) is 40.1 Å². The summed E-state index contributed by atoms with van der Waals surface area (Å²) in [4.78, 5) is 17.5. The first-order valence-corrected chi connectivity index (χ1v) is 10.1. The van der Waals surface area contributed by atoms with Gasteiger partial charge in [-0.25, -0.2) is 0 Å². The Morgan fingerprint density at radius 2 is 1.73 bits per heavy atom. The summed E-state index contributed by atoms with van der Waals surface area (Å²) in [7, 11) is 0. The van der Waals surface area contributed by atoms with Crippen molar-refractivity contribution in [1.29, 1.82) is 0 Å². The van der Waals surface area contributed by atoms with Crippen molar-refractivity contribution < 1.29 is 14.3 Å². The SMILES string of the molecule is O=C(C1CCCN(Cc2ccccc2)C1)N1CCC(C2OCCO2)CC1. The standard InChI is InChI=1S/C21H30N2O3/c24-20(23-11-8-18(9-12-23)21-25-13-14-26-21)19-7-4-10-22(16-19)15-17-5-2-1-3-6-17/h1-3,5-6,18-19,21H,4,7-16H2. The highest BCUT2D eigenvalue weighted by atomic mass is 16.7. The number of benzene rings is 1. The molecule has 3 fully saturated rings. The van der Waals surface area contributed by atoms with Crippen molar-refractivity contribution in [3.63, 3.8) is 0 Å². The summed E-state index contributed by atoms with van der Waals surface area (Å²) in [5, 5.41) is 0. The minimum Gasteiger partial charge on any atom is -0.350 e. The maximum absolute atomic E-state index is 13.0. The summed E-state index contributed by atoms with van der Waals surface area (Å²) < 4.78 is 11.3. The fraction of sp³-hybridized carbons (Fsp3) is 0.667. The van der Waals surface area contributed by atoms with Gasteiger partial charge in [0.05, 0.1) is 19.1 Å². The Balaban J connectivity index is 1.27. The summed E-state index contributed by atoms with van der Waals surface area (Å²) in [6.07, 6.45) is 4.10. The minimum atomic E-state index is -0.0386. The topological polar surface area (TPSA) is 42.0 Å². The van der Waals surface area contributed by atoms with Gasteiger partial charge in [0.1, 0.15) is 0 Å². The smallest absolute Gasteiger partial charge is 0.226 e. The molecule has 0 N–H and O–H groups in total. The van der Waals surface area contributed by atoms with Crippen molar-refractivity contribution in [3.05, 3.63) is 35.9 Å². The molecule has 1 aromatic rings. The molecule has 3 aliphatic rings. The quantitative estimate of drug-likeness (QED) is 0.829. The average molecular weight is 358 g/mol. The normalized spacial score (nSPS) is 26.3. The Labute approximate surface area is 156 Å². The van der Waals surface area contributed by atoms with Gasteiger partial charge in [-0.3, -0.25) is 9.69 Å². The van der Waals surface area contributed by atoms with Crippen LogP contribution in [0.2, 0.25) is 0 Å². The second kappa shape index (κ2) is 8.51. The Kier molecular flexibility index (Phi) is 5.88. The number of likely N-dealkylation sites (tertiary alicyclic amines) is 2. The Morgan fingerprint density at radius 3 is 2.46 bits per heavy atom. The molecule has 5 heteroatoms. The van der Waals surface area contributed by atoms with E-state index in [4.69, 9.17) is 9.47 Å². The van der Waals surface area contributed by atoms with E-state index in [1.54, 1.807) is 0 Å². The van der Waals surface area contributed by atoms with E-state index in [9.17, 15) is 4.79 Å².